The van der Waals surface area contributed by atoms with Crippen LogP contribution >= 0.6 is 11.6 Å². The molecule has 0 aromatic heterocycles. The molecule has 0 unspecified atom stereocenters. The van der Waals surface area contributed by atoms with Crippen LogP contribution in [-0.4, -0.2) is 11.8 Å². The molecular formula is C15H10ClNO3. The Hall–Kier alpha value is -2.33. The fourth-order valence-corrected chi connectivity index (χ4v) is 2.27. The van der Waals surface area contributed by atoms with Crippen LogP contribution in [0.25, 0.3) is 0 Å². The standard InChI is InChI=1S/C15H10ClNO3/c16-11-6-2-1-4-9(11)8-20-12-7-3-5-10-13(12)15(19)17-14(10)18/h1-7H,8H2,(H,17,18,19). The maximum atomic E-state index is 11.7. The van der Waals surface area contributed by atoms with Gasteiger partial charge in [-0.05, 0) is 18.2 Å². The zero-order chi connectivity index (χ0) is 14.1. The number of hydrogen-bond donors (Lipinski definition) is 1. The average molecular weight is 288 g/mol. The fourth-order valence-electron chi connectivity index (χ4n) is 2.08. The molecule has 0 atom stereocenters. The average Bonchev–Trinajstić information content (AvgIpc) is 2.74. The third kappa shape index (κ3) is 2.14. The lowest BCUT2D eigenvalue weighted by molar-refractivity contribution is 0.0878. The molecule has 0 spiro atoms. The largest absolute Gasteiger partial charge is 0.488 e. The minimum atomic E-state index is -0.431. The number of nitrogens with one attached hydrogen (secondary N) is 1. The lowest BCUT2D eigenvalue weighted by Crippen LogP contribution is -2.20. The van der Waals surface area contributed by atoms with Crippen LogP contribution in [0, 0.1) is 0 Å². The highest BCUT2D eigenvalue weighted by atomic mass is 35.5. The number of rotatable bonds is 3. The molecule has 2 aromatic carbocycles. The molecule has 1 aliphatic rings. The predicted molar refractivity (Wildman–Crippen MR) is 74.0 cm³/mol. The highest BCUT2D eigenvalue weighted by Gasteiger charge is 2.30. The van der Waals surface area contributed by atoms with Gasteiger partial charge in [-0.2, -0.15) is 0 Å². The number of halogens is 1. The Balaban J connectivity index is 1.88. The van der Waals surface area contributed by atoms with Crippen LogP contribution in [0.2, 0.25) is 5.02 Å². The maximum absolute atomic E-state index is 11.7. The summed E-state index contributed by atoms with van der Waals surface area (Å²) in [6, 6.07) is 12.2. The second-order valence-electron chi connectivity index (χ2n) is 4.34. The quantitative estimate of drug-likeness (QED) is 0.883. The smallest absolute Gasteiger partial charge is 0.262 e. The van der Waals surface area contributed by atoms with Crippen LogP contribution in [0.1, 0.15) is 26.3 Å². The van der Waals surface area contributed by atoms with Crippen molar-refractivity contribution >= 4 is 23.4 Å². The Morgan fingerprint density at radius 3 is 2.60 bits per heavy atom. The first-order valence-electron chi connectivity index (χ1n) is 6.01. The van der Waals surface area contributed by atoms with Crippen molar-refractivity contribution in [2.75, 3.05) is 0 Å². The Morgan fingerprint density at radius 2 is 1.80 bits per heavy atom. The number of fused-ring (bicyclic) bond motifs is 1. The van der Waals surface area contributed by atoms with Crippen molar-refractivity contribution in [3.8, 4) is 5.75 Å². The van der Waals surface area contributed by atoms with E-state index in [2.05, 4.69) is 5.32 Å². The van der Waals surface area contributed by atoms with Gasteiger partial charge in [0.1, 0.15) is 12.4 Å². The third-order valence-corrected chi connectivity index (χ3v) is 3.43. The molecule has 0 radical (unpaired) electrons. The van der Waals surface area contributed by atoms with Crippen molar-refractivity contribution < 1.29 is 14.3 Å². The lowest BCUT2D eigenvalue weighted by atomic mass is 10.1. The van der Waals surface area contributed by atoms with Gasteiger partial charge in [-0.25, -0.2) is 0 Å². The normalized spacial score (nSPS) is 13.1. The molecule has 1 aliphatic heterocycles. The maximum Gasteiger partial charge on any atom is 0.262 e. The van der Waals surface area contributed by atoms with Crippen molar-refractivity contribution in [3.05, 3.63) is 64.2 Å². The zero-order valence-corrected chi connectivity index (χ0v) is 11.1. The predicted octanol–water partition coefficient (Wildman–Crippen LogP) is 2.80. The molecule has 0 saturated carbocycles. The van der Waals surface area contributed by atoms with Crippen LogP contribution in [0.15, 0.2) is 42.5 Å². The molecule has 0 bridgehead atoms. The summed E-state index contributed by atoms with van der Waals surface area (Å²) in [6.45, 7) is 0.234. The number of ether oxygens (including phenoxy) is 1. The molecule has 1 N–H and O–H groups in total. The molecule has 1 heterocycles. The van der Waals surface area contributed by atoms with Crippen LogP contribution < -0.4 is 10.1 Å². The summed E-state index contributed by atoms with van der Waals surface area (Å²) >= 11 is 6.05. The van der Waals surface area contributed by atoms with Gasteiger partial charge in [-0.3, -0.25) is 14.9 Å². The second kappa shape index (κ2) is 4.98. The number of carbonyl (C=O) groups is 2. The summed E-state index contributed by atoms with van der Waals surface area (Å²) in [7, 11) is 0. The number of benzene rings is 2. The van der Waals surface area contributed by atoms with Gasteiger partial charge in [-0.1, -0.05) is 35.9 Å². The van der Waals surface area contributed by atoms with Crippen LogP contribution in [-0.2, 0) is 6.61 Å². The van der Waals surface area contributed by atoms with Gasteiger partial charge in [-0.15, -0.1) is 0 Å². The monoisotopic (exact) mass is 287 g/mol. The Bertz CT molecular complexity index is 712. The first-order valence-corrected chi connectivity index (χ1v) is 6.39. The van der Waals surface area contributed by atoms with Gasteiger partial charge < -0.3 is 4.74 Å². The molecule has 4 nitrogen and oxygen atoms in total. The fraction of sp³-hybridized carbons (Fsp3) is 0.0667. The van der Waals surface area contributed by atoms with E-state index in [1.165, 1.54) is 0 Å². The molecule has 0 saturated heterocycles. The van der Waals surface area contributed by atoms with Gasteiger partial charge in [0.25, 0.3) is 11.8 Å². The van der Waals surface area contributed by atoms with E-state index >= 15 is 0 Å². The van der Waals surface area contributed by atoms with E-state index in [0.717, 1.165) is 5.56 Å². The summed E-state index contributed by atoms with van der Waals surface area (Å²) in [5.41, 5.74) is 1.44. The van der Waals surface area contributed by atoms with Crippen molar-refractivity contribution in [2.45, 2.75) is 6.61 Å². The van der Waals surface area contributed by atoms with Crippen molar-refractivity contribution in [3.63, 3.8) is 0 Å². The van der Waals surface area contributed by atoms with Crippen LogP contribution in [0.4, 0.5) is 0 Å². The number of hydrogen-bond acceptors (Lipinski definition) is 3. The summed E-state index contributed by atoms with van der Waals surface area (Å²) in [5.74, 6) is -0.446. The minimum absolute atomic E-state index is 0.234. The summed E-state index contributed by atoms with van der Waals surface area (Å²) in [4.78, 5) is 23.3. The molecule has 100 valence electrons. The summed E-state index contributed by atoms with van der Waals surface area (Å²) < 4.78 is 5.64. The summed E-state index contributed by atoms with van der Waals surface area (Å²) in [5, 5.41) is 2.85. The minimum Gasteiger partial charge on any atom is -0.488 e. The van der Waals surface area contributed by atoms with E-state index in [-0.39, 0.29) is 12.2 Å². The Kier molecular flexibility index (Phi) is 3.16. The van der Waals surface area contributed by atoms with E-state index in [1.54, 1.807) is 24.3 Å². The van der Waals surface area contributed by atoms with Crippen LogP contribution in [0.3, 0.4) is 0 Å². The Morgan fingerprint density at radius 1 is 1.00 bits per heavy atom. The topological polar surface area (TPSA) is 55.4 Å². The Labute approximate surface area is 120 Å². The molecule has 20 heavy (non-hydrogen) atoms. The third-order valence-electron chi connectivity index (χ3n) is 3.07. The molecular weight excluding hydrogens is 278 g/mol. The summed E-state index contributed by atoms with van der Waals surface area (Å²) in [6.07, 6.45) is 0. The second-order valence-corrected chi connectivity index (χ2v) is 4.75. The van der Waals surface area contributed by atoms with E-state index in [9.17, 15) is 9.59 Å². The zero-order valence-electron chi connectivity index (χ0n) is 10.4. The molecule has 2 amide bonds. The highest BCUT2D eigenvalue weighted by molar-refractivity contribution is 6.31. The van der Waals surface area contributed by atoms with E-state index in [4.69, 9.17) is 16.3 Å². The van der Waals surface area contributed by atoms with E-state index in [0.29, 0.717) is 16.3 Å². The van der Waals surface area contributed by atoms with E-state index in [1.807, 2.05) is 18.2 Å². The number of imide groups is 1. The first-order chi connectivity index (χ1) is 9.66. The van der Waals surface area contributed by atoms with Crippen LogP contribution in [0.5, 0.6) is 5.75 Å². The van der Waals surface area contributed by atoms with Gasteiger partial charge in [0.15, 0.2) is 0 Å². The molecule has 2 aromatic rings. The first kappa shape index (κ1) is 12.7. The molecule has 5 heteroatoms. The SMILES string of the molecule is O=C1NC(=O)c2c(OCc3ccccc3Cl)cccc21. The molecule has 3 rings (SSSR count). The van der Waals surface area contributed by atoms with E-state index < -0.39 is 11.8 Å². The van der Waals surface area contributed by atoms with Crippen molar-refractivity contribution in [2.24, 2.45) is 0 Å². The van der Waals surface area contributed by atoms with Gasteiger partial charge in [0, 0.05) is 10.6 Å². The van der Waals surface area contributed by atoms with Crippen molar-refractivity contribution in [1.29, 1.82) is 0 Å². The van der Waals surface area contributed by atoms with Gasteiger partial charge in [0.2, 0.25) is 0 Å². The van der Waals surface area contributed by atoms with Gasteiger partial charge >= 0.3 is 0 Å². The highest BCUT2D eigenvalue weighted by Crippen LogP contribution is 2.27. The number of carbonyl (C=O) groups excluding carboxylic acids is 2. The number of amides is 2. The molecule has 0 fully saturated rings. The van der Waals surface area contributed by atoms with Crippen molar-refractivity contribution in [1.82, 2.24) is 5.32 Å². The van der Waals surface area contributed by atoms with Gasteiger partial charge in [0.05, 0.1) is 11.1 Å². The molecule has 0 aliphatic carbocycles. The lowest BCUT2D eigenvalue weighted by Gasteiger charge is -2.09.